The average molecular weight is 409 g/mol. The van der Waals surface area contributed by atoms with Crippen molar-refractivity contribution in [1.29, 1.82) is 0 Å². The normalized spacial score (nSPS) is 24.3. The summed E-state index contributed by atoms with van der Waals surface area (Å²) in [7, 11) is 0. The second-order valence-corrected chi connectivity index (χ2v) is 9.38. The van der Waals surface area contributed by atoms with Gasteiger partial charge in [0.05, 0.1) is 11.7 Å². The third-order valence-corrected chi connectivity index (χ3v) is 7.18. The molecule has 2 aliphatic carbocycles. The number of rotatable bonds is 5. The number of fused-ring (bicyclic) bond motifs is 1. The Balaban J connectivity index is 1.50. The zero-order chi connectivity index (χ0) is 20.5. The highest BCUT2D eigenvalue weighted by atomic mass is 16.5. The molecule has 1 aromatic heterocycles. The highest BCUT2D eigenvalue weighted by Crippen LogP contribution is 2.43. The van der Waals surface area contributed by atoms with E-state index in [4.69, 9.17) is 9.15 Å². The van der Waals surface area contributed by atoms with Crippen LogP contribution in [0.4, 0.5) is 0 Å². The monoisotopic (exact) mass is 408 g/mol. The van der Waals surface area contributed by atoms with Crippen molar-refractivity contribution in [1.82, 2.24) is 0 Å². The molecule has 5 rings (SSSR count). The standard InChI is InChI=1S/C26H32O4/c27-24-22-11-3-1-2-8-19(15-20-9-6-14-29-20)25(22)30-26(28)23(24)16-18-7-4-5-10-21(18)17-12-13-17/h4-5,7,10,17,19-20,27H,1-3,6,8-9,11-16H2. The summed E-state index contributed by atoms with van der Waals surface area (Å²) in [6.07, 6.45) is 11.3. The first-order chi connectivity index (χ1) is 14.7. The highest BCUT2D eigenvalue weighted by Gasteiger charge is 2.31. The van der Waals surface area contributed by atoms with Crippen molar-refractivity contribution in [2.75, 3.05) is 6.61 Å². The van der Waals surface area contributed by atoms with Gasteiger partial charge in [0.2, 0.25) is 0 Å². The molecule has 1 saturated heterocycles. The Morgan fingerprint density at radius 2 is 1.87 bits per heavy atom. The zero-order valence-corrected chi connectivity index (χ0v) is 17.7. The summed E-state index contributed by atoms with van der Waals surface area (Å²) in [6.45, 7) is 0.832. The lowest BCUT2D eigenvalue weighted by atomic mass is 9.84. The van der Waals surface area contributed by atoms with Crippen LogP contribution in [-0.4, -0.2) is 17.8 Å². The molecule has 2 heterocycles. The quantitative estimate of drug-likeness (QED) is 0.701. The van der Waals surface area contributed by atoms with Crippen molar-refractivity contribution in [2.24, 2.45) is 0 Å². The summed E-state index contributed by atoms with van der Waals surface area (Å²) in [5.41, 5.74) is 3.40. The van der Waals surface area contributed by atoms with Gasteiger partial charge in [0.1, 0.15) is 11.5 Å². The van der Waals surface area contributed by atoms with Crippen LogP contribution in [0, 0.1) is 0 Å². The SMILES string of the molecule is O=c1oc2c(c(O)c1Cc1ccccc1C1CC1)CCCCCC2CC1CCCO1. The highest BCUT2D eigenvalue weighted by molar-refractivity contribution is 5.46. The molecule has 0 bridgehead atoms. The third-order valence-electron chi connectivity index (χ3n) is 7.18. The predicted molar refractivity (Wildman–Crippen MR) is 116 cm³/mol. The maximum Gasteiger partial charge on any atom is 0.343 e. The minimum atomic E-state index is -0.366. The Hall–Kier alpha value is -2.07. The Labute approximate surface area is 178 Å². The molecule has 30 heavy (non-hydrogen) atoms. The van der Waals surface area contributed by atoms with Crippen LogP contribution >= 0.6 is 0 Å². The molecule has 2 aromatic rings. The molecule has 0 amide bonds. The molecule has 1 aromatic carbocycles. The Morgan fingerprint density at radius 3 is 2.67 bits per heavy atom. The second kappa shape index (κ2) is 8.58. The fourth-order valence-corrected chi connectivity index (χ4v) is 5.40. The second-order valence-electron chi connectivity index (χ2n) is 9.38. The lowest BCUT2D eigenvalue weighted by Gasteiger charge is -2.25. The first kappa shape index (κ1) is 19.9. The molecule has 0 spiro atoms. The largest absolute Gasteiger partial charge is 0.507 e. The molecular formula is C26H32O4. The first-order valence-corrected chi connectivity index (χ1v) is 11.8. The van der Waals surface area contributed by atoms with Gasteiger partial charge in [0.15, 0.2) is 0 Å². The van der Waals surface area contributed by atoms with Gasteiger partial charge in [-0.25, -0.2) is 4.79 Å². The molecular weight excluding hydrogens is 376 g/mol. The Kier molecular flexibility index (Phi) is 5.68. The number of hydrogen-bond acceptors (Lipinski definition) is 4. The van der Waals surface area contributed by atoms with Gasteiger partial charge in [-0.1, -0.05) is 37.1 Å². The summed E-state index contributed by atoms with van der Waals surface area (Å²) >= 11 is 0. The summed E-state index contributed by atoms with van der Waals surface area (Å²) in [6, 6.07) is 8.33. The van der Waals surface area contributed by atoms with Gasteiger partial charge in [-0.05, 0) is 68.4 Å². The van der Waals surface area contributed by atoms with E-state index >= 15 is 0 Å². The van der Waals surface area contributed by atoms with Crippen molar-refractivity contribution in [3.05, 3.63) is 62.7 Å². The van der Waals surface area contributed by atoms with E-state index in [0.717, 1.165) is 74.9 Å². The van der Waals surface area contributed by atoms with Crippen LogP contribution in [0.15, 0.2) is 33.5 Å². The molecule has 2 unspecified atom stereocenters. The van der Waals surface area contributed by atoms with Gasteiger partial charge in [0.25, 0.3) is 0 Å². The van der Waals surface area contributed by atoms with Crippen molar-refractivity contribution >= 4 is 0 Å². The van der Waals surface area contributed by atoms with Gasteiger partial charge < -0.3 is 14.3 Å². The van der Waals surface area contributed by atoms with Crippen LogP contribution < -0.4 is 5.63 Å². The van der Waals surface area contributed by atoms with Crippen molar-refractivity contribution in [2.45, 2.75) is 88.6 Å². The molecule has 160 valence electrons. The van der Waals surface area contributed by atoms with E-state index in [0.29, 0.717) is 17.9 Å². The zero-order valence-electron chi connectivity index (χ0n) is 17.7. The first-order valence-electron chi connectivity index (χ1n) is 11.8. The van der Waals surface area contributed by atoms with Crippen LogP contribution in [0.1, 0.15) is 97.6 Å². The van der Waals surface area contributed by atoms with E-state index in [1.54, 1.807) is 0 Å². The average Bonchev–Trinajstić information content (AvgIpc) is 3.45. The van der Waals surface area contributed by atoms with Crippen LogP contribution in [0.3, 0.4) is 0 Å². The molecule has 4 nitrogen and oxygen atoms in total. The summed E-state index contributed by atoms with van der Waals surface area (Å²) in [5, 5.41) is 11.2. The Bertz CT molecular complexity index is 950. The number of hydrogen-bond donors (Lipinski definition) is 1. The predicted octanol–water partition coefficient (Wildman–Crippen LogP) is 5.58. The maximum atomic E-state index is 13.0. The third kappa shape index (κ3) is 4.07. The van der Waals surface area contributed by atoms with Crippen LogP contribution in [-0.2, 0) is 17.6 Å². The minimum absolute atomic E-state index is 0.162. The van der Waals surface area contributed by atoms with E-state index in [9.17, 15) is 9.90 Å². The smallest absolute Gasteiger partial charge is 0.343 e. The molecule has 0 radical (unpaired) electrons. The lowest BCUT2D eigenvalue weighted by Crippen LogP contribution is -2.19. The summed E-state index contributed by atoms with van der Waals surface area (Å²) < 4.78 is 11.9. The van der Waals surface area contributed by atoms with E-state index in [1.165, 1.54) is 18.4 Å². The van der Waals surface area contributed by atoms with Gasteiger partial charge in [-0.3, -0.25) is 0 Å². The fourth-order valence-electron chi connectivity index (χ4n) is 5.40. The number of aromatic hydroxyl groups is 1. The summed E-state index contributed by atoms with van der Waals surface area (Å²) in [5.74, 6) is 1.68. The van der Waals surface area contributed by atoms with Crippen LogP contribution in [0.5, 0.6) is 5.75 Å². The number of benzene rings is 1. The molecule has 1 aliphatic heterocycles. The topological polar surface area (TPSA) is 59.7 Å². The Morgan fingerprint density at radius 1 is 1.00 bits per heavy atom. The van der Waals surface area contributed by atoms with E-state index < -0.39 is 0 Å². The molecule has 1 saturated carbocycles. The van der Waals surface area contributed by atoms with Crippen molar-refractivity contribution in [3.8, 4) is 5.75 Å². The van der Waals surface area contributed by atoms with Gasteiger partial charge in [0, 0.05) is 24.5 Å². The van der Waals surface area contributed by atoms with E-state index in [1.807, 2.05) is 6.07 Å². The molecule has 2 fully saturated rings. The maximum absolute atomic E-state index is 13.0. The lowest BCUT2D eigenvalue weighted by molar-refractivity contribution is 0.0935. The molecule has 3 aliphatic rings. The van der Waals surface area contributed by atoms with E-state index in [2.05, 4.69) is 18.2 Å². The number of ether oxygens (including phenoxy) is 1. The van der Waals surface area contributed by atoms with Crippen LogP contribution in [0.25, 0.3) is 0 Å². The van der Waals surface area contributed by atoms with Gasteiger partial charge in [-0.15, -0.1) is 0 Å². The van der Waals surface area contributed by atoms with Crippen molar-refractivity contribution < 1.29 is 14.3 Å². The molecule has 1 N–H and O–H groups in total. The molecule has 4 heteroatoms. The minimum Gasteiger partial charge on any atom is -0.507 e. The van der Waals surface area contributed by atoms with Gasteiger partial charge >= 0.3 is 5.63 Å². The van der Waals surface area contributed by atoms with E-state index in [-0.39, 0.29) is 23.4 Å². The summed E-state index contributed by atoms with van der Waals surface area (Å²) in [4.78, 5) is 13.0. The van der Waals surface area contributed by atoms with Crippen molar-refractivity contribution in [3.63, 3.8) is 0 Å². The molecule has 2 atom stereocenters. The van der Waals surface area contributed by atoms with Gasteiger partial charge in [-0.2, -0.15) is 0 Å². The fraction of sp³-hybridized carbons (Fsp3) is 0.577. The van der Waals surface area contributed by atoms with Crippen LogP contribution in [0.2, 0.25) is 0 Å².